The largest absolute Gasteiger partial charge is 0.352 e. The highest BCUT2D eigenvalue weighted by molar-refractivity contribution is 5.42. The number of rotatable bonds is 1. The van der Waals surface area contributed by atoms with E-state index in [1.807, 2.05) is 39.7 Å². The van der Waals surface area contributed by atoms with Crippen LogP contribution in [0.1, 0.15) is 19.0 Å². The predicted octanol–water partition coefficient (Wildman–Crippen LogP) is 1.04. The second-order valence-corrected chi connectivity index (χ2v) is 8.01. The summed E-state index contributed by atoms with van der Waals surface area (Å²) >= 11 is 0. The smallest absolute Gasteiger partial charge is 0.245 e. The number of benzene rings is 1. The molecule has 22 heavy (non-hydrogen) atoms. The van der Waals surface area contributed by atoms with Crippen molar-refractivity contribution in [2.24, 2.45) is 35.0 Å². The summed E-state index contributed by atoms with van der Waals surface area (Å²) in [5.74, 6) is 3.73. The normalized spacial score (nSPS) is 50.1. The van der Waals surface area contributed by atoms with Crippen molar-refractivity contribution in [3.63, 3.8) is 0 Å². The van der Waals surface area contributed by atoms with Crippen LogP contribution in [0.4, 0.5) is 0 Å². The average Bonchev–Trinajstić information content (AvgIpc) is 2.72. The third-order valence-corrected chi connectivity index (χ3v) is 7.90. The number of hydrogen-bond acceptors (Lipinski definition) is 2. The summed E-state index contributed by atoms with van der Waals surface area (Å²) in [6.45, 7) is 2.35. The SMILES string of the molecule is C[C@@]12[C@H]3[C@H]4[C@H]5[C@@H]3[C@H]1[C@@H]5n1c(=O)n(-c3ccccc3)c(=O)n1[C@H]42. The van der Waals surface area contributed by atoms with Crippen LogP contribution in [0.2, 0.25) is 0 Å². The maximum atomic E-state index is 13.0. The summed E-state index contributed by atoms with van der Waals surface area (Å²) < 4.78 is 5.01. The molecule has 4 saturated carbocycles. The summed E-state index contributed by atoms with van der Waals surface area (Å²) in [6, 6.07) is 9.89. The third-order valence-electron chi connectivity index (χ3n) is 7.90. The molecule has 4 aliphatic carbocycles. The van der Waals surface area contributed by atoms with Gasteiger partial charge in [0.25, 0.3) is 0 Å². The minimum Gasteiger partial charge on any atom is -0.245 e. The van der Waals surface area contributed by atoms with Gasteiger partial charge in [0.2, 0.25) is 0 Å². The quantitative estimate of drug-likeness (QED) is 0.789. The lowest BCUT2D eigenvalue weighted by atomic mass is 9.11. The topological polar surface area (TPSA) is 48.9 Å². The van der Waals surface area contributed by atoms with Gasteiger partial charge in [-0.1, -0.05) is 25.1 Å². The molecule has 0 unspecified atom stereocenters. The molecule has 2 bridgehead atoms. The van der Waals surface area contributed by atoms with Crippen molar-refractivity contribution in [3.8, 4) is 5.69 Å². The fraction of sp³-hybridized carbons (Fsp3) is 0.529. The van der Waals surface area contributed by atoms with Gasteiger partial charge in [0, 0.05) is 0 Å². The summed E-state index contributed by atoms with van der Waals surface area (Å²) in [7, 11) is 0. The molecule has 1 aromatic carbocycles. The van der Waals surface area contributed by atoms with E-state index in [2.05, 4.69) is 6.92 Å². The Bertz CT molecular complexity index is 999. The van der Waals surface area contributed by atoms with Gasteiger partial charge in [-0.25, -0.2) is 23.5 Å². The lowest BCUT2D eigenvalue weighted by molar-refractivity contribution is -0.496. The van der Waals surface area contributed by atoms with Crippen molar-refractivity contribution in [3.05, 3.63) is 51.3 Å². The molecule has 0 spiro atoms. The van der Waals surface area contributed by atoms with E-state index in [-0.39, 0.29) is 17.4 Å². The first-order valence-electron chi connectivity index (χ1n) is 8.19. The van der Waals surface area contributed by atoms with Crippen molar-refractivity contribution in [2.75, 3.05) is 0 Å². The molecule has 1 aromatic heterocycles. The predicted molar refractivity (Wildman–Crippen MR) is 77.9 cm³/mol. The molecule has 4 fully saturated rings. The van der Waals surface area contributed by atoms with Gasteiger partial charge in [-0.05, 0) is 47.1 Å². The molecule has 3 heterocycles. The fourth-order valence-electron chi connectivity index (χ4n) is 7.43. The average molecular weight is 293 g/mol. The van der Waals surface area contributed by atoms with Crippen LogP contribution < -0.4 is 11.4 Å². The highest BCUT2D eigenvalue weighted by Gasteiger charge is 2.95. The Morgan fingerprint density at radius 2 is 1.64 bits per heavy atom. The number of para-hydroxylation sites is 1. The Hall–Kier alpha value is -2.04. The highest BCUT2D eigenvalue weighted by atomic mass is 16.2. The van der Waals surface area contributed by atoms with E-state index in [1.54, 1.807) is 0 Å². The Labute approximate surface area is 125 Å². The van der Waals surface area contributed by atoms with Crippen LogP contribution >= 0.6 is 0 Å². The molecule has 5 nitrogen and oxygen atoms in total. The van der Waals surface area contributed by atoms with Crippen molar-refractivity contribution < 1.29 is 0 Å². The number of nitrogens with zero attached hydrogens (tertiary/aromatic N) is 3. The lowest BCUT2D eigenvalue weighted by Gasteiger charge is -2.96. The molecule has 8 atom stereocenters. The second-order valence-electron chi connectivity index (χ2n) is 8.01. The first-order chi connectivity index (χ1) is 10.7. The molecule has 0 N–H and O–H groups in total. The van der Waals surface area contributed by atoms with Crippen LogP contribution in [0.3, 0.4) is 0 Å². The van der Waals surface area contributed by atoms with Gasteiger partial charge >= 0.3 is 11.4 Å². The Balaban J connectivity index is 1.57. The fourth-order valence-corrected chi connectivity index (χ4v) is 7.43. The minimum atomic E-state index is -0.141. The van der Waals surface area contributed by atoms with E-state index in [0.29, 0.717) is 34.9 Å². The summed E-state index contributed by atoms with van der Waals surface area (Å²) in [5, 5.41) is 0. The number of hydrogen-bond donors (Lipinski definition) is 0. The van der Waals surface area contributed by atoms with Crippen LogP contribution in [0.25, 0.3) is 5.69 Å². The van der Waals surface area contributed by atoms with E-state index in [4.69, 9.17) is 0 Å². The van der Waals surface area contributed by atoms with Crippen molar-refractivity contribution >= 4 is 0 Å². The molecule has 2 aromatic rings. The molecule has 2 aliphatic heterocycles. The Kier molecular flexibility index (Phi) is 1.29. The molecule has 8 rings (SSSR count). The molecule has 6 aliphatic rings. The van der Waals surface area contributed by atoms with Crippen LogP contribution in [0, 0.1) is 35.0 Å². The van der Waals surface area contributed by atoms with E-state index in [9.17, 15) is 9.59 Å². The van der Waals surface area contributed by atoms with E-state index < -0.39 is 0 Å². The van der Waals surface area contributed by atoms with Gasteiger partial charge in [-0.2, -0.15) is 0 Å². The Morgan fingerprint density at radius 1 is 0.909 bits per heavy atom. The second kappa shape index (κ2) is 2.66. The molecular formula is C17H15N3O2. The zero-order valence-corrected chi connectivity index (χ0v) is 12.1. The summed E-state index contributed by atoms with van der Waals surface area (Å²) in [6.07, 6.45) is 0. The summed E-state index contributed by atoms with van der Waals surface area (Å²) in [4.78, 5) is 25.9. The third kappa shape index (κ3) is 0.668. The van der Waals surface area contributed by atoms with Crippen LogP contribution in [-0.2, 0) is 0 Å². The first-order valence-corrected chi connectivity index (χ1v) is 8.19. The highest BCUT2D eigenvalue weighted by Crippen LogP contribution is 2.96. The van der Waals surface area contributed by atoms with Crippen molar-refractivity contribution in [1.82, 2.24) is 13.9 Å². The zero-order valence-electron chi connectivity index (χ0n) is 12.1. The van der Waals surface area contributed by atoms with E-state index in [1.165, 1.54) is 4.57 Å². The molecule has 0 radical (unpaired) electrons. The van der Waals surface area contributed by atoms with E-state index >= 15 is 0 Å². The number of aromatic nitrogens is 3. The maximum absolute atomic E-state index is 13.0. The van der Waals surface area contributed by atoms with Gasteiger partial charge in [0.1, 0.15) is 0 Å². The molecule has 0 saturated heterocycles. The molecular weight excluding hydrogens is 278 g/mol. The van der Waals surface area contributed by atoms with Crippen molar-refractivity contribution in [1.29, 1.82) is 0 Å². The van der Waals surface area contributed by atoms with Crippen molar-refractivity contribution in [2.45, 2.75) is 19.0 Å². The molecule has 110 valence electrons. The minimum absolute atomic E-state index is 0.138. The van der Waals surface area contributed by atoms with Crippen LogP contribution in [0.5, 0.6) is 0 Å². The van der Waals surface area contributed by atoms with Gasteiger partial charge in [0.15, 0.2) is 0 Å². The lowest BCUT2D eigenvalue weighted by Crippen LogP contribution is -2.95. The van der Waals surface area contributed by atoms with Gasteiger partial charge in [0.05, 0.1) is 17.8 Å². The summed E-state index contributed by atoms with van der Waals surface area (Å²) in [5.41, 5.74) is 0.707. The monoisotopic (exact) mass is 293 g/mol. The van der Waals surface area contributed by atoms with E-state index in [0.717, 1.165) is 11.8 Å². The molecule has 5 heteroatoms. The maximum Gasteiger partial charge on any atom is 0.352 e. The Morgan fingerprint density at radius 3 is 2.36 bits per heavy atom. The van der Waals surface area contributed by atoms with Gasteiger partial charge < -0.3 is 0 Å². The zero-order chi connectivity index (χ0) is 14.5. The first kappa shape index (κ1) is 10.6. The van der Waals surface area contributed by atoms with Gasteiger partial charge in [-0.15, -0.1) is 0 Å². The standard InChI is InChI=1S/C17H15N3O2/c1-17-11-9-8-10(11)14(17)20-16(22)18(7-5-3-2-4-6-7)15(21)19(20)13(8)12(9)17/h2-6,8-14H,1H3/t8-,9+,10-,11-,12+,13-,14-,17-/m1/s1. The molecule has 0 amide bonds. The van der Waals surface area contributed by atoms with Crippen LogP contribution in [0.15, 0.2) is 39.9 Å². The van der Waals surface area contributed by atoms with Gasteiger partial charge in [-0.3, -0.25) is 0 Å². The van der Waals surface area contributed by atoms with Crippen LogP contribution in [-0.4, -0.2) is 13.9 Å².